The number of methoxy groups -OCH3 is 1. The van der Waals surface area contributed by atoms with Gasteiger partial charge in [-0.05, 0) is 49.2 Å². The molecule has 0 aliphatic carbocycles. The van der Waals surface area contributed by atoms with Gasteiger partial charge in [0, 0.05) is 37.4 Å². The van der Waals surface area contributed by atoms with Crippen LogP contribution >= 0.6 is 0 Å². The zero-order chi connectivity index (χ0) is 20.1. The summed E-state index contributed by atoms with van der Waals surface area (Å²) in [7, 11) is 1.31. The van der Waals surface area contributed by atoms with Gasteiger partial charge in [-0.2, -0.15) is 0 Å². The molecule has 0 saturated carbocycles. The van der Waals surface area contributed by atoms with E-state index in [0.29, 0.717) is 24.4 Å². The first-order valence-corrected chi connectivity index (χ1v) is 9.39. The summed E-state index contributed by atoms with van der Waals surface area (Å²) in [6.07, 6.45) is 0. The van der Waals surface area contributed by atoms with Gasteiger partial charge in [-0.15, -0.1) is 0 Å². The zero-order valence-corrected chi connectivity index (χ0v) is 16.6. The van der Waals surface area contributed by atoms with Gasteiger partial charge in [0.2, 0.25) is 0 Å². The number of benzene rings is 2. The van der Waals surface area contributed by atoms with Crippen molar-refractivity contribution in [3.8, 4) is 5.75 Å². The molecule has 0 aromatic heterocycles. The van der Waals surface area contributed by atoms with Crippen molar-refractivity contribution in [3.05, 3.63) is 59.2 Å². The Morgan fingerprint density at radius 1 is 1.00 bits per heavy atom. The van der Waals surface area contributed by atoms with Crippen molar-refractivity contribution in [2.75, 3.05) is 44.8 Å². The molecule has 2 aromatic carbocycles. The van der Waals surface area contributed by atoms with E-state index in [1.54, 1.807) is 24.3 Å². The maximum absolute atomic E-state index is 12.9. The van der Waals surface area contributed by atoms with Crippen LogP contribution < -0.4 is 9.64 Å². The Bertz CT molecular complexity index is 857. The number of ether oxygens (including phenoxy) is 2. The van der Waals surface area contributed by atoms with Gasteiger partial charge in [-0.25, -0.2) is 4.79 Å². The van der Waals surface area contributed by atoms with E-state index in [1.165, 1.54) is 23.9 Å². The summed E-state index contributed by atoms with van der Waals surface area (Å²) < 4.78 is 9.95. The second-order valence-corrected chi connectivity index (χ2v) is 6.89. The number of nitrogens with zero attached hydrogens (tertiary/aromatic N) is 2. The number of hydrogen-bond acceptors (Lipinski definition) is 5. The van der Waals surface area contributed by atoms with E-state index < -0.39 is 5.97 Å². The predicted octanol–water partition coefficient (Wildman–Crippen LogP) is 2.82. The SMILES string of the molecule is COC(=O)COc1cccc(C(=O)N2CCN(c3cccc(C)c3C)CC2)c1. The van der Waals surface area contributed by atoms with Gasteiger partial charge in [-0.1, -0.05) is 18.2 Å². The normalized spacial score (nSPS) is 14.0. The summed E-state index contributed by atoms with van der Waals surface area (Å²) in [5.41, 5.74) is 4.37. The predicted molar refractivity (Wildman–Crippen MR) is 108 cm³/mol. The number of carbonyl (C=O) groups excluding carboxylic acids is 2. The van der Waals surface area contributed by atoms with E-state index in [2.05, 4.69) is 41.7 Å². The maximum atomic E-state index is 12.9. The standard InChI is InChI=1S/C22H26N2O4/c1-16-6-4-9-20(17(16)2)23-10-12-24(13-11-23)22(26)18-7-5-8-19(14-18)28-15-21(25)27-3/h4-9,14H,10-13,15H2,1-3H3. The first-order chi connectivity index (χ1) is 13.5. The molecule has 148 valence electrons. The Morgan fingerprint density at radius 3 is 2.43 bits per heavy atom. The van der Waals surface area contributed by atoms with Gasteiger partial charge in [0.1, 0.15) is 5.75 Å². The van der Waals surface area contributed by atoms with Gasteiger partial charge < -0.3 is 19.3 Å². The molecule has 1 fully saturated rings. The number of aryl methyl sites for hydroxylation is 1. The average molecular weight is 382 g/mol. The third-order valence-electron chi connectivity index (χ3n) is 5.15. The summed E-state index contributed by atoms with van der Waals surface area (Å²) in [6, 6.07) is 13.3. The molecule has 1 amide bonds. The Kier molecular flexibility index (Phi) is 6.19. The summed E-state index contributed by atoms with van der Waals surface area (Å²) in [4.78, 5) is 28.3. The van der Waals surface area contributed by atoms with Crippen molar-refractivity contribution in [3.63, 3.8) is 0 Å². The van der Waals surface area contributed by atoms with Gasteiger partial charge >= 0.3 is 5.97 Å². The Morgan fingerprint density at radius 2 is 1.71 bits per heavy atom. The summed E-state index contributed by atoms with van der Waals surface area (Å²) in [5, 5.41) is 0. The lowest BCUT2D eigenvalue weighted by Crippen LogP contribution is -2.49. The highest BCUT2D eigenvalue weighted by Gasteiger charge is 2.23. The number of rotatable bonds is 5. The van der Waals surface area contributed by atoms with Crippen LogP contribution in [-0.4, -0.2) is 56.7 Å². The van der Waals surface area contributed by atoms with Crippen LogP contribution in [0.4, 0.5) is 5.69 Å². The minimum absolute atomic E-state index is 0.0240. The molecule has 6 heteroatoms. The van der Waals surface area contributed by atoms with Gasteiger partial charge in [0.25, 0.3) is 5.91 Å². The van der Waals surface area contributed by atoms with Gasteiger partial charge in [0.15, 0.2) is 6.61 Å². The Labute approximate surface area is 165 Å². The Balaban J connectivity index is 1.62. The number of piperazine rings is 1. The summed E-state index contributed by atoms with van der Waals surface area (Å²) in [6.45, 7) is 7.01. The summed E-state index contributed by atoms with van der Waals surface area (Å²) >= 11 is 0. The van der Waals surface area contributed by atoms with Crippen LogP contribution in [0.15, 0.2) is 42.5 Å². The molecule has 0 atom stereocenters. The molecule has 1 saturated heterocycles. The van der Waals surface area contributed by atoms with Crippen molar-refractivity contribution in [2.45, 2.75) is 13.8 Å². The highest BCUT2D eigenvalue weighted by molar-refractivity contribution is 5.94. The number of amides is 1. The lowest BCUT2D eigenvalue weighted by atomic mass is 10.1. The van der Waals surface area contributed by atoms with Crippen LogP contribution in [0.5, 0.6) is 5.75 Å². The van der Waals surface area contributed by atoms with Crippen LogP contribution in [0.3, 0.4) is 0 Å². The van der Waals surface area contributed by atoms with E-state index in [9.17, 15) is 9.59 Å². The molecule has 2 aromatic rings. The average Bonchev–Trinajstić information content (AvgIpc) is 2.74. The highest BCUT2D eigenvalue weighted by atomic mass is 16.6. The molecule has 3 rings (SSSR count). The van der Waals surface area contributed by atoms with Crippen molar-refractivity contribution < 1.29 is 19.1 Å². The number of hydrogen-bond donors (Lipinski definition) is 0. The molecule has 0 unspecified atom stereocenters. The first kappa shape index (κ1) is 19.7. The van der Waals surface area contributed by atoms with E-state index in [4.69, 9.17) is 4.74 Å². The van der Waals surface area contributed by atoms with E-state index in [0.717, 1.165) is 13.1 Å². The zero-order valence-electron chi connectivity index (χ0n) is 16.6. The minimum Gasteiger partial charge on any atom is -0.482 e. The second kappa shape index (κ2) is 8.78. The van der Waals surface area contributed by atoms with Gasteiger partial charge in [-0.3, -0.25) is 4.79 Å². The largest absolute Gasteiger partial charge is 0.482 e. The Hall–Kier alpha value is -3.02. The smallest absolute Gasteiger partial charge is 0.343 e. The van der Waals surface area contributed by atoms with Crippen LogP contribution in [-0.2, 0) is 9.53 Å². The van der Waals surface area contributed by atoms with Crippen LogP contribution in [0.2, 0.25) is 0 Å². The molecule has 1 heterocycles. The van der Waals surface area contributed by atoms with Crippen molar-refractivity contribution in [2.24, 2.45) is 0 Å². The molecular formula is C22H26N2O4. The fourth-order valence-electron chi connectivity index (χ4n) is 3.33. The van der Waals surface area contributed by atoms with E-state index >= 15 is 0 Å². The molecule has 0 radical (unpaired) electrons. The lowest BCUT2D eigenvalue weighted by Gasteiger charge is -2.37. The molecule has 0 spiro atoms. The molecule has 6 nitrogen and oxygen atoms in total. The van der Waals surface area contributed by atoms with E-state index in [-0.39, 0.29) is 12.5 Å². The van der Waals surface area contributed by atoms with Crippen LogP contribution in [0, 0.1) is 13.8 Å². The molecule has 28 heavy (non-hydrogen) atoms. The quantitative estimate of drug-likeness (QED) is 0.745. The molecule has 0 N–H and O–H groups in total. The molecule has 0 bridgehead atoms. The first-order valence-electron chi connectivity index (χ1n) is 9.39. The minimum atomic E-state index is -0.459. The lowest BCUT2D eigenvalue weighted by molar-refractivity contribution is -0.142. The number of anilines is 1. The molecular weight excluding hydrogens is 356 g/mol. The van der Waals surface area contributed by atoms with Crippen molar-refractivity contribution in [1.29, 1.82) is 0 Å². The fourth-order valence-corrected chi connectivity index (χ4v) is 3.33. The monoisotopic (exact) mass is 382 g/mol. The second-order valence-electron chi connectivity index (χ2n) is 6.89. The van der Waals surface area contributed by atoms with E-state index in [1.807, 2.05) is 4.90 Å². The number of carbonyl (C=O) groups is 2. The highest BCUT2D eigenvalue weighted by Crippen LogP contribution is 2.24. The number of esters is 1. The topological polar surface area (TPSA) is 59.1 Å². The molecule has 1 aliphatic heterocycles. The van der Waals surface area contributed by atoms with Crippen LogP contribution in [0.25, 0.3) is 0 Å². The summed E-state index contributed by atoms with van der Waals surface area (Å²) in [5.74, 6) is -0.00584. The molecule has 1 aliphatic rings. The fraction of sp³-hybridized carbons (Fsp3) is 0.364. The van der Waals surface area contributed by atoms with Crippen molar-refractivity contribution in [1.82, 2.24) is 4.90 Å². The maximum Gasteiger partial charge on any atom is 0.343 e. The van der Waals surface area contributed by atoms with Crippen LogP contribution in [0.1, 0.15) is 21.5 Å². The van der Waals surface area contributed by atoms with Crippen molar-refractivity contribution >= 4 is 17.6 Å². The third-order valence-corrected chi connectivity index (χ3v) is 5.15. The third kappa shape index (κ3) is 4.44. The van der Waals surface area contributed by atoms with Gasteiger partial charge in [0.05, 0.1) is 7.11 Å².